The molecule has 280 valence electrons. The lowest BCUT2D eigenvalue weighted by atomic mass is 9.29. The van der Waals surface area contributed by atoms with Crippen LogP contribution < -0.4 is 16.4 Å². The first-order valence-corrected chi connectivity index (χ1v) is 20.8. The Morgan fingerprint density at radius 1 is 0.305 bits per heavy atom. The molecule has 0 radical (unpaired) electrons. The predicted molar refractivity (Wildman–Crippen MR) is 252 cm³/mol. The number of aryl methyl sites for hydroxylation is 3. The van der Waals surface area contributed by atoms with Crippen molar-refractivity contribution in [3.8, 4) is 44.5 Å². The van der Waals surface area contributed by atoms with Crippen molar-refractivity contribution in [2.75, 3.05) is 0 Å². The molecule has 10 rings (SSSR count). The Bertz CT molecular complexity index is 2630. The van der Waals surface area contributed by atoms with Crippen LogP contribution in [0.4, 0.5) is 0 Å². The number of hydrogen-bond acceptors (Lipinski definition) is 0. The SMILES string of the molecule is Cc1cc(C)c(B2c3ccccc3C(c3cc(-c4ccccc4)cc(-c4ccccc4)c3)(c3cc(-c4ccccc4)cc(-c4ccccc4)c3)c3ccccc32)c(C)c1. The zero-order chi connectivity index (χ0) is 39.9. The van der Waals surface area contributed by atoms with Crippen LogP contribution >= 0.6 is 0 Å². The van der Waals surface area contributed by atoms with E-state index in [2.05, 4.69) is 239 Å². The second-order valence-corrected chi connectivity index (χ2v) is 16.2. The molecular weight excluding hydrogens is 707 g/mol. The van der Waals surface area contributed by atoms with E-state index in [1.807, 2.05) is 0 Å². The van der Waals surface area contributed by atoms with Crippen LogP contribution in [0.1, 0.15) is 38.9 Å². The Morgan fingerprint density at radius 2 is 0.610 bits per heavy atom. The second-order valence-electron chi connectivity index (χ2n) is 16.2. The largest absolute Gasteiger partial charge is 0.242 e. The van der Waals surface area contributed by atoms with Gasteiger partial charge in [-0.25, -0.2) is 0 Å². The maximum absolute atomic E-state index is 2.48. The summed E-state index contributed by atoms with van der Waals surface area (Å²) >= 11 is 0. The van der Waals surface area contributed by atoms with Crippen molar-refractivity contribution in [1.29, 1.82) is 0 Å². The maximum atomic E-state index is 2.48. The van der Waals surface area contributed by atoms with Crippen LogP contribution in [0.2, 0.25) is 0 Å². The van der Waals surface area contributed by atoms with Gasteiger partial charge in [-0.05, 0) is 124 Å². The lowest BCUT2D eigenvalue weighted by Gasteiger charge is -2.45. The van der Waals surface area contributed by atoms with Crippen molar-refractivity contribution in [3.05, 3.63) is 257 Å². The summed E-state index contributed by atoms with van der Waals surface area (Å²) < 4.78 is 0. The Labute approximate surface area is 349 Å². The number of fused-ring (bicyclic) bond motifs is 2. The zero-order valence-electron chi connectivity index (χ0n) is 33.9. The molecule has 0 bridgehead atoms. The highest BCUT2D eigenvalue weighted by Crippen LogP contribution is 2.49. The molecule has 0 saturated carbocycles. The molecule has 0 amide bonds. The van der Waals surface area contributed by atoms with Gasteiger partial charge in [-0.3, -0.25) is 0 Å². The average Bonchev–Trinajstić information content (AvgIpc) is 3.29. The average molecular weight is 753 g/mol. The van der Waals surface area contributed by atoms with Gasteiger partial charge in [0.15, 0.2) is 0 Å². The lowest BCUT2D eigenvalue weighted by molar-refractivity contribution is 0.752. The highest BCUT2D eigenvalue weighted by molar-refractivity contribution is 6.97. The van der Waals surface area contributed by atoms with Gasteiger partial charge in [-0.15, -0.1) is 0 Å². The van der Waals surface area contributed by atoms with E-state index in [1.54, 1.807) is 0 Å². The van der Waals surface area contributed by atoms with Crippen LogP contribution in [0.3, 0.4) is 0 Å². The van der Waals surface area contributed by atoms with Gasteiger partial charge in [-0.2, -0.15) is 0 Å². The number of rotatable bonds is 7. The molecule has 0 atom stereocenters. The van der Waals surface area contributed by atoms with Crippen molar-refractivity contribution in [2.45, 2.75) is 26.2 Å². The van der Waals surface area contributed by atoms with Crippen molar-refractivity contribution in [1.82, 2.24) is 0 Å². The van der Waals surface area contributed by atoms with E-state index in [0.29, 0.717) is 0 Å². The molecule has 0 saturated heterocycles. The summed E-state index contributed by atoms with van der Waals surface area (Å²) in [5, 5.41) is 0. The summed E-state index contributed by atoms with van der Waals surface area (Å²) in [5.74, 6) is 0. The molecular formula is C58H45B. The molecule has 9 aromatic rings. The Kier molecular flexibility index (Phi) is 9.31. The summed E-state index contributed by atoms with van der Waals surface area (Å²) in [7, 11) is 0. The standard InChI is InChI=1S/C58H45B/c1-40-32-41(2)57(42(3)33-40)59-55-30-18-16-28-53(55)58(54-29-17-19-31-56(54)59,51-36-47(43-20-8-4-9-21-43)34-48(37-51)44-22-10-5-11-23-44)52-38-49(45-24-12-6-13-25-45)35-50(39-52)46-26-14-7-15-27-46/h4-39H,1-3H3. The van der Waals surface area contributed by atoms with Gasteiger partial charge in [0.2, 0.25) is 6.71 Å². The van der Waals surface area contributed by atoms with Crippen LogP contribution in [-0.4, -0.2) is 6.71 Å². The topological polar surface area (TPSA) is 0 Å². The quantitative estimate of drug-likeness (QED) is 0.142. The molecule has 1 aliphatic heterocycles. The smallest absolute Gasteiger partial charge is 0.0666 e. The molecule has 0 fully saturated rings. The minimum absolute atomic E-state index is 0.0629. The second kappa shape index (κ2) is 15.1. The van der Waals surface area contributed by atoms with Gasteiger partial charge >= 0.3 is 0 Å². The highest BCUT2D eigenvalue weighted by Gasteiger charge is 2.48. The van der Waals surface area contributed by atoms with Gasteiger partial charge in [0.05, 0.1) is 5.41 Å². The Morgan fingerprint density at radius 3 is 0.949 bits per heavy atom. The fourth-order valence-electron chi connectivity index (χ4n) is 10.1. The van der Waals surface area contributed by atoms with Crippen molar-refractivity contribution >= 4 is 23.1 Å². The summed E-state index contributed by atoms with van der Waals surface area (Å²) in [6, 6.07) is 81.6. The van der Waals surface area contributed by atoms with E-state index in [0.717, 1.165) is 0 Å². The fraction of sp³-hybridized carbons (Fsp3) is 0.0690. The van der Waals surface area contributed by atoms with Crippen molar-refractivity contribution in [3.63, 3.8) is 0 Å². The van der Waals surface area contributed by atoms with E-state index in [9.17, 15) is 0 Å². The van der Waals surface area contributed by atoms with Crippen molar-refractivity contribution in [2.24, 2.45) is 0 Å². The maximum Gasteiger partial charge on any atom is 0.242 e. The van der Waals surface area contributed by atoms with Gasteiger partial charge in [0.25, 0.3) is 0 Å². The highest BCUT2D eigenvalue weighted by atomic mass is 14.4. The molecule has 59 heavy (non-hydrogen) atoms. The third-order valence-electron chi connectivity index (χ3n) is 12.5. The van der Waals surface area contributed by atoms with E-state index >= 15 is 0 Å². The first-order valence-electron chi connectivity index (χ1n) is 20.8. The van der Waals surface area contributed by atoms with E-state index in [4.69, 9.17) is 0 Å². The first kappa shape index (κ1) is 36.4. The third-order valence-corrected chi connectivity index (χ3v) is 12.5. The monoisotopic (exact) mass is 752 g/mol. The fourth-order valence-corrected chi connectivity index (χ4v) is 10.1. The van der Waals surface area contributed by atoms with Gasteiger partial charge in [0.1, 0.15) is 0 Å². The molecule has 0 unspecified atom stereocenters. The normalized spacial score (nSPS) is 12.8. The first-order chi connectivity index (χ1) is 29.0. The summed E-state index contributed by atoms with van der Waals surface area (Å²) in [6.07, 6.45) is 0. The molecule has 0 aromatic heterocycles. The molecule has 0 N–H and O–H groups in total. The van der Waals surface area contributed by atoms with Crippen molar-refractivity contribution < 1.29 is 0 Å². The van der Waals surface area contributed by atoms with Crippen LogP contribution in [0.5, 0.6) is 0 Å². The lowest BCUT2D eigenvalue weighted by Crippen LogP contribution is -2.63. The molecule has 0 nitrogen and oxygen atoms in total. The van der Waals surface area contributed by atoms with Crippen LogP contribution in [0.25, 0.3) is 44.5 Å². The molecule has 9 aromatic carbocycles. The van der Waals surface area contributed by atoms with Gasteiger partial charge in [-0.1, -0.05) is 215 Å². The summed E-state index contributed by atoms with van der Waals surface area (Å²) in [6.45, 7) is 6.87. The van der Waals surface area contributed by atoms with Crippen LogP contribution in [-0.2, 0) is 5.41 Å². The van der Waals surface area contributed by atoms with E-state index < -0.39 is 5.41 Å². The van der Waals surface area contributed by atoms with Gasteiger partial charge in [0, 0.05) is 0 Å². The van der Waals surface area contributed by atoms with E-state index in [-0.39, 0.29) is 6.71 Å². The molecule has 1 heterocycles. The molecule has 0 aliphatic carbocycles. The van der Waals surface area contributed by atoms with Crippen LogP contribution in [0.15, 0.2) is 218 Å². The summed E-state index contributed by atoms with van der Waals surface area (Å²) in [5.41, 5.74) is 22.1. The Balaban J connectivity index is 1.39. The molecule has 1 aliphatic rings. The van der Waals surface area contributed by atoms with Gasteiger partial charge < -0.3 is 0 Å². The number of hydrogen-bond donors (Lipinski definition) is 0. The Hall–Kier alpha value is -6.96. The predicted octanol–water partition coefficient (Wildman–Crippen LogP) is 12.5. The van der Waals surface area contributed by atoms with E-state index in [1.165, 1.54) is 99.8 Å². The molecule has 0 spiro atoms. The minimum Gasteiger partial charge on any atom is -0.0666 e. The number of benzene rings is 9. The third kappa shape index (κ3) is 6.35. The van der Waals surface area contributed by atoms with Crippen LogP contribution in [0, 0.1) is 20.8 Å². The zero-order valence-corrected chi connectivity index (χ0v) is 33.9. The minimum atomic E-state index is -0.696. The molecule has 1 heteroatoms. The summed E-state index contributed by atoms with van der Waals surface area (Å²) in [4.78, 5) is 0.